The Kier molecular flexibility index (Phi) is 3.82. The summed E-state index contributed by atoms with van der Waals surface area (Å²) < 4.78 is 14.2. The predicted octanol–water partition coefficient (Wildman–Crippen LogP) is 3.46. The molecule has 2 nitrogen and oxygen atoms in total. The quantitative estimate of drug-likeness (QED) is 0.819. The number of likely N-dealkylation sites (tertiary alicyclic amines) is 1. The van der Waals surface area contributed by atoms with E-state index < -0.39 is 5.82 Å². The maximum Gasteiger partial charge on any atom is 0.257 e. The van der Waals surface area contributed by atoms with Crippen LogP contribution in [0.1, 0.15) is 30.1 Å². The lowest BCUT2D eigenvalue weighted by atomic mass is 10.1. The zero-order valence-electron chi connectivity index (χ0n) is 9.75. The number of carbonyl (C=O) groups is 1. The van der Waals surface area contributed by atoms with Crippen molar-refractivity contribution in [1.29, 1.82) is 0 Å². The Morgan fingerprint density at radius 2 is 2.35 bits per heavy atom. The number of nitrogens with zero attached hydrogens (tertiary/aromatic N) is 1. The molecule has 1 unspecified atom stereocenters. The highest BCUT2D eigenvalue weighted by molar-refractivity contribution is 9.10. The van der Waals surface area contributed by atoms with Crippen LogP contribution >= 0.6 is 15.9 Å². The molecule has 4 heteroatoms. The van der Waals surface area contributed by atoms with Crippen LogP contribution in [-0.2, 0) is 0 Å². The fourth-order valence-electron chi connectivity index (χ4n) is 2.21. The second-order valence-corrected chi connectivity index (χ2v) is 5.27. The molecular weight excluding hydrogens is 285 g/mol. The Morgan fingerprint density at radius 3 is 2.94 bits per heavy atom. The van der Waals surface area contributed by atoms with Gasteiger partial charge < -0.3 is 4.90 Å². The van der Waals surface area contributed by atoms with Crippen LogP contribution in [0.3, 0.4) is 0 Å². The highest BCUT2D eigenvalue weighted by Gasteiger charge is 2.28. The topological polar surface area (TPSA) is 20.3 Å². The van der Waals surface area contributed by atoms with Gasteiger partial charge in [-0.3, -0.25) is 4.79 Å². The molecule has 92 valence electrons. The van der Waals surface area contributed by atoms with Crippen molar-refractivity contribution in [1.82, 2.24) is 4.90 Å². The van der Waals surface area contributed by atoms with Crippen molar-refractivity contribution in [3.05, 3.63) is 34.1 Å². The minimum absolute atomic E-state index is 0.157. The number of amides is 1. The monoisotopic (exact) mass is 299 g/mol. The van der Waals surface area contributed by atoms with Gasteiger partial charge >= 0.3 is 0 Å². The molecule has 0 aliphatic carbocycles. The summed E-state index contributed by atoms with van der Waals surface area (Å²) in [5, 5.41) is 0. The second kappa shape index (κ2) is 5.17. The number of carbonyl (C=O) groups excluding carboxylic acids is 1. The maximum atomic E-state index is 13.7. The molecule has 0 N–H and O–H groups in total. The van der Waals surface area contributed by atoms with Crippen LogP contribution in [0, 0.1) is 11.7 Å². The lowest BCUT2D eigenvalue weighted by molar-refractivity contribution is 0.0781. The third kappa shape index (κ3) is 2.51. The third-order valence-corrected chi connectivity index (χ3v) is 3.99. The Labute approximate surface area is 109 Å². The average molecular weight is 300 g/mol. The van der Waals surface area contributed by atoms with Crippen molar-refractivity contribution < 1.29 is 9.18 Å². The van der Waals surface area contributed by atoms with Crippen LogP contribution in [0.25, 0.3) is 0 Å². The van der Waals surface area contributed by atoms with Crippen LogP contribution in [0.4, 0.5) is 4.39 Å². The van der Waals surface area contributed by atoms with Gasteiger partial charge in [-0.05, 0) is 40.4 Å². The first kappa shape index (κ1) is 12.6. The molecule has 0 aromatic heterocycles. The van der Waals surface area contributed by atoms with Gasteiger partial charge in [0.2, 0.25) is 0 Å². The molecule has 1 atom stereocenters. The first-order valence-electron chi connectivity index (χ1n) is 5.86. The van der Waals surface area contributed by atoms with E-state index in [9.17, 15) is 9.18 Å². The summed E-state index contributed by atoms with van der Waals surface area (Å²) in [4.78, 5) is 14.0. The van der Waals surface area contributed by atoms with Crippen molar-refractivity contribution in [3.63, 3.8) is 0 Å². The predicted molar refractivity (Wildman–Crippen MR) is 68.4 cm³/mol. The van der Waals surface area contributed by atoms with E-state index in [-0.39, 0.29) is 11.5 Å². The molecule has 1 aliphatic heterocycles. The summed E-state index contributed by atoms with van der Waals surface area (Å²) in [5.41, 5.74) is 0.157. The number of benzene rings is 1. The van der Waals surface area contributed by atoms with Gasteiger partial charge in [0.15, 0.2) is 0 Å². The van der Waals surface area contributed by atoms with Crippen molar-refractivity contribution >= 4 is 21.8 Å². The molecule has 1 aromatic rings. The van der Waals surface area contributed by atoms with E-state index >= 15 is 0 Å². The highest BCUT2D eigenvalue weighted by Crippen LogP contribution is 2.25. The van der Waals surface area contributed by atoms with Gasteiger partial charge in [0, 0.05) is 17.6 Å². The molecule has 1 aromatic carbocycles. The summed E-state index contributed by atoms with van der Waals surface area (Å²) in [6, 6.07) is 4.62. The third-order valence-electron chi connectivity index (χ3n) is 3.33. The van der Waals surface area contributed by atoms with Gasteiger partial charge in [-0.25, -0.2) is 4.39 Å². The van der Waals surface area contributed by atoms with Crippen LogP contribution in [0.5, 0.6) is 0 Å². The minimum atomic E-state index is -0.454. The van der Waals surface area contributed by atoms with Crippen LogP contribution < -0.4 is 0 Å². The van der Waals surface area contributed by atoms with Crippen molar-refractivity contribution in [2.24, 2.45) is 5.92 Å². The second-order valence-electron chi connectivity index (χ2n) is 4.41. The van der Waals surface area contributed by atoms with Gasteiger partial charge in [-0.2, -0.15) is 0 Å². The molecule has 0 radical (unpaired) electrons. The van der Waals surface area contributed by atoms with Crippen LogP contribution in [0.15, 0.2) is 22.7 Å². The van der Waals surface area contributed by atoms with E-state index in [0.717, 1.165) is 25.9 Å². The molecule has 2 rings (SSSR count). The highest BCUT2D eigenvalue weighted by atomic mass is 79.9. The Balaban J connectivity index is 2.21. The van der Waals surface area contributed by atoms with E-state index in [1.54, 1.807) is 17.0 Å². The molecule has 0 saturated carbocycles. The maximum absolute atomic E-state index is 13.7. The summed E-state index contributed by atoms with van der Waals surface area (Å²) >= 11 is 3.24. The summed E-state index contributed by atoms with van der Waals surface area (Å²) in [5.74, 6) is -0.0975. The van der Waals surface area contributed by atoms with Crippen LogP contribution in [-0.4, -0.2) is 23.9 Å². The summed E-state index contributed by atoms with van der Waals surface area (Å²) in [6.07, 6.45) is 2.09. The largest absolute Gasteiger partial charge is 0.338 e. The normalized spacial score (nSPS) is 19.7. The summed E-state index contributed by atoms with van der Waals surface area (Å²) in [7, 11) is 0. The Hall–Kier alpha value is -0.900. The van der Waals surface area contributed by atoms with Gasteiger partial charge in [0.05, 0.1) is 5.56 Å². The molecule has 1 heterocycles. The number of hydrogen-bond donors (Lipinski definition) is 0. The Bertz CT molecular complexity index is 415. The molecule has 0 spiro atoms. The van der Waals surface area contributed by atoms with Gasteiger partial charge in [0.25, 0.3) is 5.91 Å². The van der Waals surface area contributed by atoms with E-state index in [2.05, 4.69) is 22.9 Å². The molecule has 1 fully saturated rings. The zero-order valence-corrected chi connectivity index (χ0v) is 11.3. The molecule has 0 bridgehead atoms. The van der Waals surface area contributed by atoms with Gasteiger partial charge in [-0.15, -0.1) is 0 Å². The number of halogens is 2. The Morgan fingerprint density at radius 1 is 1.59 bits per heavy atom. The van der Waals surface area contributed by atoms with Crippen LogP contribution in [0.2, 0.25) is 0 Å². The summed E-state index contributed by atoms with van der Waals surface area (Å²) in [6.45, 7) is 3.60. The van der Waals surface area contributed by atoms with Crippen molar-refractivity contribution in [3.8, 4) is 0 Å². The molecule has 1 amide bonds. The minimum Gasteiger partial charge on any atom is -0.338 e. The lowest BCUT2D eigenvalue weighted by Gasteiger charge is -2.17. The van der Waals surface area contributed by atoms with E-state index in [4.69, 9.17) is 0 Å². The fourth-order valence-corrected chi connectivity index (χ4v) is 2.72. The van der Waals surface area contributed by atoms with Gasteiger partial charge in [-0.1, -0.05) is 19.4 Å². The van der Waals surface area contributed by atoms with Crippen molar-refractivity contribution in [2.75, 3.05) is 13.1 Å². The van der Waals surface area contributed by atoms with Gasteiger partial charge in [0.1, 0.15) is 5.82 Å². The first-order valence-corrected chi connectivity index (χ1v) is 6.66. The SMILES string of the molecule is CCC1CCN(C(=O)c2c(F)cccc2Br)C1. The van der Waals surface area contributed by atoms with Crippen molar-refractivity contribution in [2.45, 2.75) is 19.8 Å². The molecule has 1 aliphatic rings. The number of hydrogen-bond acceptors (Lipinski definition) is 1. The van der Waals surface area contributed by atoms with E-state index in [1.165, 1.54) is 6.07 Å². The first-order chi connectivity index (χ1) is 8.13. The lowest BCUT2D eigenvalue weighted by Crippen LogP contribution is -2.29. The molecule has 1 saturated heterocycles. The molecular formula is C13H15BrFNO. The number of rotatable bonds is 2. The average Bonchev–Trinajstić information content (AvgIpc) is 2.77. The smallest absolute Gasteiger partial charge is 0.257 e. The van der Waals surface area contributed by atoms with E-state index in [1.807, 2.05) is 0 Å². The standard InChI is InChI=1S/C13H15BrFNO/c1-2-9-6-7-16(8-9)13(17)12-10(14)4-3-5-11(12)15/h3-5,9H,2,6-8H2,1H3. The van der Waals surface area contributed by atoms with E-state index in [0.29, 0.717) is 10.4 Å². The fraction of sp³-hybridized carbons (Fsp3) is 0.462. The zero-order chi connectivity index (χ0) is 12.4. The molecule has 17 heavy (non-hydrogen) atoms.